The van der Waals surface area contributed by atoms with Gasteiger partial charge in [0, 0.05) is 16.8 Å². The Bertz CT molecular complexity index is 212. The van der Waals surface area contributed by atoms with Crippen LogP contribution in [-0.2, 0) is 4.79 Å². The van der Waals surface area contributed by atoms with Crippen molar-refractivity contribution in [2.45, 2.75) is 57.2 Å². The molecule has 1 N–H and O–H groups in total. The number of amides is 1. The number of nitrogens with one attached hydrogen (secondary N) is 1. The van der Waals surface area contributed by atoms with Gasteiger partial charge in [0.25, 0.3) is 0 Å². The molecule has 0 heterocycles. The lowest BCUT2D eigenvalue weighted by Crippen LogP contribution is -2.39. The molecular weight excluding hydrogens is 254 g/mol. The Balaban J connectivity index is 2.29. The first-order chi connectivity index (χ1) is 7.08. The van der Waals surface area contributed by atoms with Crippen LogP contribution in [-0.4, -0.2) is 17.3 Å². The Morgan fingerprint density at radius 1 is 1.47 bits per heavy atom. The first-order valence-electron chi connectivity index (χ1n) is 6.01. The minimum absolute atomic E-state index is 0.0844. The van der Waals surface area contributed by atoms with Crippen LogP contribution in [0.25, 0.3) is 0 Å². The zero-order valence-electron chi connectivity index (χ0n) is 9.81. The smallest absolute Gasteiger partial charge is 0.225 e. The molecule has 1 rings (SSSR count). The number of alkyl halides is 1. The van der Waals surface area contributed by atoms with E-state index in [0.717, 1.165) is 32.2 Å². The van der Waals surface area contributed by atoms with Gasteiger partial charge in [-0.15, -0.1) is 0 Å². The summed E-state index contributed by atoms with van der Waals surface area (Å²) in [6.45, 7) is 5.02. The van der Waals surface area contributed by atoms with Gasteiger partial charge in [-0.2, -0.15) is 0 Å². The fraction of sp³-hybridized carbons (Fsp3) is 0.917. The highest BCUT2D eigenvalue weighted by Crippen LogP contribution is 2.37. The normalized spacial score (nSPS) is 21.3. The minimum Gasteiger partial charge on any atom is -0.355 e. The maximum absolute atomic E-state index is 11.9. The highest BCUT2D eigenvalue weighted by Gasteiger charge is 2.35. The Hall–Kier alpha value is -0.0500. The first-order valence-corrected chi connectivity index (χ1v) is 6.92. The van der Waals surface area contributed by atoms with Crippen molar-refractivity contribution in [1.82, 2.24) is 5.32 Å². The van der Waals surface area contributed by atoms with Crippen molar-refractivity contribution >= 4 is 21.8 Å². The SMILES string of the molecule is CCCC(Br)CNC(=O)C1(C)CCCC1. The summed E-state index contributed by atoms with van der Waals surface area (Å²) in [6.07, 6.45) is 6.80. The molecule has 1 atom stereocenters. The van der Waals surface area contributed by atoms with E-state index < -0.39 is 0 Å². The standard InChI is InChI=1S/C12H22BrNO/c1-3-6-10(13)9-14-11(15)12(2)7-4-5-8-12/h10H,3-9H2,1-2H3,(H,14,15). The van der Waals surface area contributed by atoms with Gasteiger partial charge in [0.15, 0.2) is 0 Å². The van der Waals surface area contributed by atoms with E-state index in [1.807, 2.05) is 0 Å². The van der Waals surface area contributed by atoms with Crippen LogP contribution < -0.4 is 5.32 Å². The van der Waals surface area contributed by atoms with Crippen LogP contribution >= 0.6 is 15.9 Å². The molecule has 0 aliphatic heterocycles. The third-order valence-corrected chi connectivity index (χ3v) is 4.12. The van der Waals surface area contributed by atoms with Gasteiger partial charge in [-0.25, -0.2) is 0 Å². The van der Waals surface area contributed by atoms with Gasteiger partial charge in [-0.3, -0.25) is 4.79 Å². The van der Waals surface area contributed by atoms with Crippen molar-refractivity contribution in [2.75, 3.05) is 6.54 Å². The van der Waals surface area contributed by atoms with Crippen LogP contribution in [0.3, 0.4) is 0 Å². The third kappa shape index (κ3) is 3.78. The quantitative estimate of drug-likeness (QED) is 0.767. The monoisotopic (exact) mass is 275 g/mol. The number of hydrogen-bond acceptors (Lipinski definition) is 1. The molecule has 1 unspecified atom stereocenters. The van der Waals surface area contributed by atoms with E-state index in [1.54, 1.807) is 0 Å². The molecule has 1 aliphatic carbocycles. The lowest BCUT2D eigenvalue weighted by molar-refractivity contribution is -0.129. The van der Waals surface area contributed by atoms with Crippen LogP contribution in [0.4, 0.5) is 0 Å². The van der Waals surface area contributed by atoms with Crippen molar-refractivity contribution in [3.63, 3.8) is 0 Å². The summed E-state index contributed by atoms with van der Waals surface area (Å²) in [5.74, 6) is 0.251. The molecule has 1 aliphatic rings. The van der Waals surface area contributed by atoms with Crippen LogP contribution in [0.5, 0.6) is 0 Å². The summed E-state index contributed by atoms with van der Waals surface area (Å²) in [4.78, 5) is 12.4. The van der Waals surface area contributed by atoms with Gasteiger partial charge < -0.3 is 5.32 Å². The molecular formula is C12H22BrNO. The fourth-order valence-electron chi connectivity index (χ4n) is 2.21. The summed E-state index contributed by atoms with van der Waals surface area (Å²) in [5, 5.41) is 3.06. The van der Waals surface area contributed by atoms with E-state index in [9.17, 15) is 4.79 Å². The predicted molar refractivity (Wildman–Crippen MR) is 67.2 cm³/mol. The van der Waals surface area contributed by atoms with E-state index in [4.69, 9.17) is 0 Å². The fourth-order valence-corrected chi connectivity index (χ4v) is 2.83. The van der Waals surface area contributed by atoms with E-state index in [2.05, 4.69) is 35.1 Å². The maximum Gasteiger partial charge on any atom is 0.225 e. The molecule has 0 saturated heterocycles. The molecule has 1 fully saturated rings. The van der Waals surface area contributed by atoms with Gasteiger partial charge >= 0.3 is 0 Å². The maximum atomic E-state index is 11.9. The summed E-state index contributed by atoms with van der Waals surface area (Å²) in [6, 6.07) is 0. The van der Waals surface area contributed by atoms with Gasteiger partial charge in [-0.05, 0) is 19.3 Å². The first kappa shape index (κ1) is 13.0. The predicted octanol–water partition coefficient (Wildman–Crippen LogP) is 3.25. The van der Waals surface area contributed by atoms with Crippen molar-refractivity contribution in [3.8, 4) is 0 Å². The number of hydrogen-bond donors (Lipinski definition) is 1. The molecule has 0 aromatic heterocycles. The average Bonchev–Trinajstić information content (AvgIpc) is 2.63. The van der Waals surface area contributed by atoms with Crippen molar-refractivity contribution in [1.29, 1.82) is 0 Å². The molecule has 15 heavy (non-hydrogen) atoms. The highest BCUT2D eigenvalue weighted by molar-refractivity contribution is 9.09. The molecule has 88 valence electrons. The molecule has 1 amide bonds. The lowest BCUT2D eigenvalue weighted by atomic mass is 9.88. The molecule has 0 spiro atoms. The molecule has 0 aromatic rings. The van der Waals surface area contributed by atoms with Gasteiger partial charge in [0.1, 0.15) is 0 Å². The van der Waals surface area contributed by atoms with E-state index >= 15 is 0 Å². The number of carbonyl (C=O) groups excluding carboxylic acids is 1. The Kier molecular flexibility index (Phi) is 5.10. The highest BCUT2D eigenvalue weighted by atomic mass is 79.9. The number of carbonyl (C=O) groups is 1. The van der Waals surface area contributed by atoms with Crippen molar-refractivity contribution in [2.24, 2.45) is 5.41 Å². The van der Waals surface area contributed by atoms with Crippen LogP contribution in [0.2, 0.25) is 0 Å². The number of halogens is 1. The molecule has 0 aromatic carbocycles. The Labute approximate surface area is 101 Å². The average molecular weight is 276 g/mol. The van der Waals surface area contributed by atoms with E-state index in [-0.39, 0.29) is 11.3 Å². The van der Waals surface area contributed by atoms with Crippen molar-refractivity contribution in [3.05, 3.63) is 0 Å². The second-order valence-corrected chi connectivity index (χ2v) is 6.16. The largest absolute Gasteiger partial charge is 0.355 e. The second-order valence-electron chi connectivity index (χ2n) is 4.86. The van der Waals surface area contributed by atoms with E-state index in [1.165, 1.54) is 12.8 Å². The molecule has 1 saturated carbocycles. The Morgan fingerprint density at radius 3 is 2.60 bits per heavy atom. The molecule has 0 radical (unpaired) electrons. The zero-order chi connectivity index (χ0) is 11.3. The zero-order valence-corrected chi connectivity index (χ0v) is 11.4. The third-order valence-electron chi connectivity index (χ3n) is 3.34. The van der Waals surface area contributed by atoms with Gasteiger partial charge in [0.2, 0.25) is 5.91 Å². The second kappa shape index (κ2) is 5.88. The molecule has 0 bridgehead atoms. The van der Waals surface area contributed by atoms with Crippen LogP contribution in [0.15, 0.2) is 0 Å². The lowest BCUT2D eigenvalue weighted by Gasteiger charge is -2.23. The minimum atomic E-state index is -0.0844. The van der Waals surface area contributed by atoms with Gasteiger partial charge in [0.05, 0.1) is 0 Å². The van der Waals surface area contributed by atoms with Crippen LogP contribution in [0.1, 0.15) is 52.4 Å². The van der Waals surface area contributed by atoms with Crippen molar-refractivity contribution < 1.29 is 4.79 Å². The van der Waals surface area contributed by atoms with Gasteiger partial charge in [-0.1, -0.05) is 49.0 Å². The summed E-state index contributed by atoms with van der Waals surface area (Å²) in [7, 11) is 0. The van der Waals surface area contributed by atoms with Crippen LogP contribution in [0, 0.1) is 5.41 Å². The summed E-state index contributed by atoms with van der Waals surface area (Å²) >= 11 is 3.58. The summed E-state index contributed by atoms with van der Waals surface area (Å²) in [5.41, 5.74) is -0.0844. The molecule has 2 nitrogen and oxygen atoms in total. The van der Waals surface area contributed by atoms with E-state index in [0.29, 0.717) is 4.83 Å². The Morgan fingerprint density at radius 2 is 2.07 bits per heavy atom. The molecule has 3 heteroatoms. The number of rotatable bonds is 5. The topological polar surface area (TPSA) is 29.1 Å². The summed E-state index contributed by atoms with van der Waals surface area (Å²) < 4.78 is 0.